The first-order chi connectivity index (χ1) is 7.44. The van der Waals surface area contributed by atoms with E-state index in [0.29, 0.717) is 24.9 Å². The fourth-order valence-corrected chi connectivity index (χ4v) is 2.69. The average Bonchev–Trinajstić information content (AvgIpc) is 2.63. The van der Waals surface area contributed by atoms with Gasteiger partial charge in [0.15, 0.2) is 0 Å². The number of rotatable bonds is 5. The van der Waals surface area contributed by atoms with E-state index >= 15 is 0 Å². The summed E-state index contributed by atoms with van der Waals surface area (Å²) < 4.78 is 0. The molecule has 3 unspecified atom stereocenters. The summed E-state index contributed by atoms with van der Waals surface area (Å²) in [5, 5.41) is 9.10. The molecule has 94 valence electrons. The lowest BCUT2D eigenvalue weighted by atomic mass is 9.99. The maximum absolute atomic E-state index is 11.1. The number of carboxylic acid groups (broad SMARTS) is 1. The van der Waals surface area contributed by atoms with Gasteiger partial charge >= 0.3 is 5.97 Å². The van der Waals surface area contributed by atoms with E-state index in [0.717, 1.165) is 19.4 Å². The van der Waals surface area contributed by atoms with Crippen LogP contribution in [0.5, 0.6) is 0 Å². The maximum atomic E-state index is 11.1. The van der Waals surface area contributed by atoms with E-state index in [-0.39, 0.29) is 0 Å². The molecule has 1 fully saturated rings. The lowest BCUT2D eigenvalue weighted by Crippen LogP contribution is -2.48. The van der Waals surface area contributed by atoms with Crippen LogP contribution in [-0.2, 0) is 4.79 Å². The topological polar surface area (TPSA) is 66.6 Å². The lowest BCUT2D eigenvalue weighted by Gasteiger charge is -2.33. The van der Waals surface area contributed by atoms with Crippen LogP contribution in [0.25, 0.3) is 0 Å². The Hall–Kier alpha value is -0.610. The molecule has 0 heterocycles. The van der Waals surface area contributed by atoms with Crippen LogP contribution in [0.3, 0.4) is 0 Å². The van der Waals surface area contributed by atoms with E-state index in [4.69, 9.17) is 10.8 Å². The molecule has 1 saturated carbocycles. The summed E-state index contributed by atoms with van der Waals surface area (Å²) in [4.78, 5) is 13.5. The van der Waals surface area contributed by atoms with E-state index in [1.165, 1.54) is 0 Å². The first-order valence-corrected chi connectivity index (χ1v) is 6.22. The van der Waals surface area contributed by atoms with Gasteiger partial charge in [-0.1, -0.05) is 13.8 Å². The number of carboxylic acids is 1. The second-order valence-corrected chi connectivity index (χ2v) is 4.95. The van der Waals surface area contributed by atoms with Gasteiger partial charge in [0.25, 0.3) is 0 Å². The van der Waals surface area contributed by atoms with E-state index in [2.05, 4.69) is 25.7 Å². The fraction of sp³-hybridized carbons (Fsp3) is 0.917. The number of nitrogens with zero attached hydrogens (tertiary/aromatic N) is 1. The van der Waals surface area contributed by atoms with Crippen molar-refractivity contribution >= 4 is 5.97 Å². The Labute approximate surface area is 97.8 Å². The fourth-order valence-electron chi connectivity index (χ4n) is 2.69. The molecule has 3 atom stereocenters. The van der Waals surface area contributed by atoms with Gasteiger partial charge in [-0.25, -0.2) is 0 Å². The minimum atomic E-state index is -0.994. The SMILES string of the molecule is CCC(C)N(CC)C1CCC(N)(C(=O)O)C1. The summed E-state index contributed by atoms with van der Waals surface area (Å²) in [7, 11) is 0. The minimum Gasteiger partial charge on any atom is -0.480 e. The molecule has 0 aromatic carbocycles. The Morgan fingerprint density at radius 1 is 1.62 bits per heavy atom. The number of nitrogens with two attached hydrogens (primary N) is 1. The summed E-state index contributed by atoms with van der Waals surface area (Å²) in [5.74, 6) is -0.852. The lowest BCUT2D eigenvalue weighted by molar-refractivity contribution is -0.143. The van der Waals surface area contributed by atoms with E-state index < -0.39 is 11.5 Å². The summed E-state index contributed by atoms with van der Waals surface area (Å²) >= 11 is 0. The molecule has 0 aromatic rings. The molecule has 4 heteroatoms. The second kappa shape index (κ2) is 5.15. The molecular formula is C12H24N2O2. The first kappa shape index (κ1) is 13.5. The zero-order valence-corrected chi connectivity index (χ0v) is 10.6. The third-order valence-corrected chi connectivity index (χ3v) is 3.94. The number of hydrogen-bond acceptors (Lipinski definition) is 3. The van der Waals surface area contributed by atoms with Gasteiger partial charge in [0.1, 0.15) is 5.54 Å². The third kappa shape index (κ3) is 2.55. The summed E-state index contributed by atoms with van der Waals surface area (Å²) in [6, 6.07) is 0.840. The van der Waals surface area contributed by atoms with Crippen LogP contribution in [0.15, 0.2) is 0 Å². The summed E-state index contributed by atoms with van der Waals surface area (Å²) in [6.45, 7) is 7.45. The quantitative estimate of drug-likeness (QED) is 0.747. The highest BCUT2D eigenvalue weighted by atomic mass is 16.4. The molecule has 0 aromatic heterocycles. The summed E-state index contributed by atoms with van der Waals surface area (Å²) in [5.41, 5.74) is 4.91. The van der Waals surface area contributed by atoms with Crippen molar-refractivity contribution in [3.05, 3.63) is 0 Å². The molecule has 4 nitrogen and oxygen atoms in total. The van der Waals surface area contributed by atoms with Crippen LogP contribution < -0.4 is 5.73 Å². The molecule has 0 radical (unpaired) electrons. The van der Waals surface area contributed by atoms with Crippen molar-refractivity contribution in [3.8, 4) is 0 Å². The van der Waals surface area contributed by atoms with Gasteiger partial charge in [-0.3, -0.25) is 9.69 Å². The molecule has 0 spiro atoms. The van der Waals surface area contributed by atoms with Crippen molar-refractivity contribution in [3.63, 3.8) is 0 Å². The highest BCUT2D eigenvalue weighted by Crippen LogP contribution is 2.32. The largest absolute Gasteiger partial charge is 0.480 e. The molecule has 1 aliphatic carbocycles. The normalized spacial score (nSPS) is 31.9. The van der Waals surface area contributed by atoms with Crippen molar-refractivity contribution in [2.45, 2.75) is 64.1 Å². The van der Waals surface area contributed by atoms with Gasteiger partial charge in [-0.05, 0) is 39.2 Å². The average molecular weight is 228 g/mol. The van der Waals surface area contributed by atoms with Crippen molar-refractivity contribution in [2.75, 3.05) is 6.54 Å². The van der Waals surface area contributed by atoms with E-state index in [9.17, 15) is 4.79 Å². The Morgan fingerprint density at radius 3 is 2.62 bits per heavy atom. The van der Waals surface area contributed by atoms with Gasteiger partial charge in [0.05, 0.1) is 0 Å². The predicted octanol–water partition coefficient (Wildman–Crippen LogP) is 1.44. The highest BCUT2D eigenvalue weighted by Gasteiger charge is 2.44. The Kier molecular flexibility index (Phi) is 4.33. The van der Waals surface area contributed by atoms with Crippen LogP contribution in [0.1, 0.15) is 46.5 Å². The van der Waals surface area contributed by atoms with Crippen molar-refractivity contribution in [2.24, 2.45) is 5.73 Å². The zero-order chi connectivity index (χ0) is 12.3. The van der Waals surface area contributed by atoms with Crippen LogP contribution in [0.2, 0.25) is 0 Å². The standard InChI is InChI=1S/C12H24N2O2/c1-4-9(3)14(5-2)10-6-7-12(13,8-10)11(15)16/h9-10H,4-8,13H2,1-3H3,(H,15,16). The predicted molar refractivity (Wildman–Crippen MR) is 64.3 cm³/mol. The molecule has 0 bridgehead atoms. The van der Waals surface area contributed by atoms with Crippen molar-refractivity contribution in [1.29, 1.82) is 0 Å². The van der Waals surface area contributed by atoms with Crippen molar-refractivity contribution in [1.82, 2.24) is 4.90 Å². The molecule has 0 aliphatic heterocycles. The van der Waals surface area contributed by atoms with Gasteiger partial charge in [-0.15, -0.1) is 0 Å². The number of hydrogen-bond donors (Lipinski definition) is 2. The maximum Gasteiger partial charge on any atom is 0.323 e. The Morgan fingerprint density at radius 2 is 2.25 bits per heavy atom. The minimum absolute atomic E-state index is 0.334. The summed E-state index contributed by atoms with van der Waals surface area (Å²) in [6.07, 6.45) is 3.18. The van der Waals surface area contributed by atoms with E-state index in [1.54, 1.807) is 0 Å². The Bertz CT molecular complexity index is 257. The number of aliphatic carboxylic acids is 1. The third-order valence-electron chi connectivity index (χ3n) is 3.94. The first-order valence-electron chi connectivity index (χ1n) is 6.22. The van der Waals surface area contributed by atoms with Gasteiger partial charge < -0.3 is 10.8 Å². The zero-order valence-electron chi connectivity index (χ0n) is 10.6. The molecule has 1 aliphatic rings. The molecule has 0 amide bonds. The van der Waals surface area contributed by atoms with Gasteiger partial charge in [0.2, 0.25) is 0 Å². The highest BCUT2D eigenvalue weighted by molar-refractivity contribution is 5.79. The van der Waals surface area contributed by atoms with E-state index in [1.807, 2.05) is 0 Å². The molecule has 3 N–H and O–H groups in total. The Balaban J connectivity index is 2.67. The monoisotopic (exact) mass is 228 g/mol. The molecule has 0 saturated heterocycles. The van der Waals surface area contributed by atoms with Crippen LogP contribution in [0, 0.1) is 0 Å². The van der Waals surface area contributed by atoms with Crippen molar-refractivity contribution < 1.29 is 9.90 Å². The number of carbonyl (C=O) groups is 1. The van der Waals surface area contributed by atoms with Crippen LogP contribution in [-0.4, -0.2) is 40.1 Å². The second-order valence-electron chi connectivity index (χ2n) is 4.95. The molecule has 16 heavy (non-hydrogen) atoms. The van der Waals surface area contributed by atoms with Crippen LogP contribution >= 0.6 is 0 Å². The van der Waals surface area contributed by atoms with Gasteiger partial charge in [-0.2, -0.15) is 0 Å². The molecule has 1 rings (SSSR count). The van der Waals surface area contributed by atoms with Gasteiger partial charge in [0, 0.05) is 12.1 Å². The smallest absolute Gasteiger partial charge is 0.323 e. The molecular weight excluding hydrogens is 204 g/mol. The van der Waals surface area contributed by atoms with Crippen LogP contribution in [0.4, 0.5) is 0 Å².